The van der Waals surface area contributed by atoms with Crippen LogP contribution in [0.25, 0.3) is 11.1 Å². The third-order valence-electron chi connectivity index (χ3n) is 5.97. The Labute approximate surface area is 190 Å². The van der Waals surface area contributed by atoms with Crippen molar-refractivity contribution in [3.63, 3.8) is 0 Å². The van der Waals surface area contributed by atoms with Gasteiger partial charge in [0, 0.05) is 23.7 Å². The molecule has 3 nitrogen and oxygen atoms in total. The largest absolute Gasteiger partial charge is 0.322 e. The maximum atomic E-state index is 12.6. The Morgan fingerprint density at radius 2 is 1.35 bits per heavy atom. The molecule has 0 bridgehead atoms. The molecule has 1 N–H and O–H groups in total. The summed E-state index contributed by atoms with van der Waals surface area (Å²) in [5, 5.41) is 3.00. The number of anilines is 1. The number of halogens is 1. The highest BCUT2D eigenvalue weighted by atomic mass is 35.5. The van der Waals surface area contributed by atoms with E-state index in [1.54, 1.807) is 0 Å². The van der Waals surface area contributed by atoms with Crippen LogP contribution in [-0.4, -0.2) is 30.4 Å². The van der Waals surface area contributed by atoms with Gasteiger partial charge in [-0.05, 0) is 78.9 Å². The van der Waals surface area contributed by atoms with Crippen molar-refractivity contribution in [2.75, 3.05) is 25.0 Å². The first-order chi connectivity index (χ1) is 15.2. The smallest absolute Gasteiger partial charge is 0.255 e. The lowest BCUT2D eigenvalue weighted by Crippen LogP contribution is -2.31. The van der Waals surface area contributed by atoms with Gasteiger partial charge in [0.1, 0.15) is 0 Å². The highest BCUT2D eigenvalue weighted by molar-refractivity contribution is 6.17. The van der Waals surface area contributed by atoms with Gasteiger partial charge in [0.05, 0.1) is 0 Å². The van der Waals surface area contributed by atoms with Crippen LogP contribution in [0.15, 0.2) is 72.8 Å². The van der Waals surface area contributed by atoms with Crippen molar-refractivity contribution < 1.29 is 4.79 Å². The molecule has 3 aromatic carbocycles. The summed E-state index contributed by atoms with van der Waals surface area (Å²) in [5.74, 6) is 0.420. The molecule has 4 rings (SSSR count). The molecule has 1 fully saturated rings. The van der Waals surface area contributed by atoms with Crippen LogP contribution < -0.4 is 5.32 Å². The minimum absolute atomic E-state index is 0.0925. The normalized spacial score (nSPS) is 14.4. The molecule has 160 valence electrons. The van der Waals surface area contributed by atoms with E-state index in [2.05, 4.69) is 34.5 Å². The molecule has 0 atom stereocenters. The number of alkyl halides is 1. The van der Waals surface area contributed by atoms with E-state index in [9.17, 15) is 4.79 Å². The summed E-state index contributed by atoms with van der Waals surface area (Å²) < 4.78 is 0. The molecule has 1 heterocycles. The predicted molar refractivity (Wildman–Crippen MR) is 130 cm³/mol. The molecule has 0 aliphatic carbocycles. The van der Waals surface area contributed by atoms with E-state index in [1.807, 2.05) is 48.5 Å². The maximum absolute atomic E-state index is 12.6. The van der Waals surface area contributed by atoms with Gasteiger partial charge in [0.2, 0.25) is 0 Å². The monoisotopic (exact) mass is 432 g/mol. The predicted octanol–water partition coefficient (Wildman–Crippen LogP) is 6.37. The van der Waals surface area contributed by atoms with E-state index in [0.717, 1.165) is 35.3 Å². The van der Waals surface area contributed by atoms with Gasteiger partial charge in [-0.1, -0.05) is 55.0 Å². The van der Waals surface area contributed by atoms with Crippen molar-refractivity contribution in [1.29, 1.82) is 0 Å². The van der Waals surface area contributed by atoms with E-state index >= 15 is 0 Å². The molecule has 1 aliphatic rings. The van der Waals surface area contributed by atoms with Crippen LogP contribution in [-0.2, 0) is 12.3 Å². The number of carbonyl (C=O) groups excluding carboxylic acids is 1. The van der Waals surface area contributed by atoms with E-state index in [-0.39, 0.29) is 5.91 Å². The average Bonchev–Trinajstić information content (AvgIpc) is 2.84. The summed E-state index contributed by atoms with van der Waals surface area (Å²) in [5.41, 5.74) is 6.08. The van der Waals surface area contributed by atoms with Crippen LogP contribution >= 0.6 is 11.6 Å². The van der Waals surface area contributed by atoms with Crippen LogP contribution in [0.5, 0.6) is 0 Å². The van der Waals surface area contributed by atoms with Crippen LogP contribution in [0.1, 0.15) is 40.7 Å². The quantitative estimate of drug-likeness (QED) is 0.439. The molecule has 1 amide bonds. The summed E-state index contributed by atoms with van der Waals surface area (Å²) >= 11 is 5.86. The van der Waals surface area contributed by atoms with Crippen molar-refractivity contribution >= 4 is 23.2 Å². The first-order valence-corrected chi connectivity index (χ1v) is 11.6. The third-order valence-corrected chi connectivity index (χ3v) is 6.27. The minimum atomic E-state index is -0.0925. The molecule has 0 unspecified atom stereocenters. The fraction of sp³-hybridized carbons (Fsp3) is 0.296. The topological polar surface area (TPSA) is 32.3 Å². The lowest BCUT2D eigenvalue weighted by molar-refractivity contribution is 0.102. The van der Waals surface area contributed by atoms with Crippen molar-refractivity contribution in [2.45, 2.75) is 31.6 Å². The second kappa shape index (κ2) is 10.6. The van der Waals surface area contributed by atoms with Crippen LogP contribution in [0, 0.1) is 0 Å². The van der Waals surface area contributed by atoms with E-state index < -0.39 is 0 Å². The summed E-state index contributed by atoms with van der Waals surface area (Å²) in [6, 6.07) is 24.1. The lowest BCUT2D eigenvalue weighted by Gasteiger charge is -2.26. The first kappa shape index (κ1) is 21.6. The van der Waals surface area contributed by atoms with Crippen LogP contribution in [0.3, 0.4) is 0 Å². The zero-order chi connectivity index (χ0) is 21.5. The maximum Gasteiger partial charge on any atom is 0.255 e. The molecule has 4 heteroatoms. The third kappa shape index (κ3) is 5.96. The number of likely N-dealkylation sites (tertiary alicyclic amines) is 1. The summed E-state index contributed by atoms with van der Waals surface area (Å²) in [7, 11) is 0. The molecular formula is C27H29ClN2O. The number of piperidine rings is 1. The fourth-order valence-corrected chi connectivity index (χ4v) is 4.21. The van der Waals surface area contributed by atoms with Gasteiger partial charge in [-0.2, -0.15) is 0 Å². The SMILES string of the molecule is O=C(Nc1ccc(CCN2CCCCC2)cc1)c1ccc(-c2ccc(CCl)cc2)cc1. The van der Waals surface area contributed by atoms with E-state index in [1.165, 1.54) is 37.9 Å². The van der Waals surface area contributed by atoms with Gasteiger partial charge < -0.3 is 10.2 Å². The molecule has 31 heavy (non-hydrogen) atoms. The standard InChI is InChI=1S/C27H29ClN2O/c28-20-22-4-8-23(9-5-22)24-10-12-25(13-11-24)27(31)29-26-14-6-21(7-15-26)16-19-30-17-2-1-3-18-30/h4-15H,1-3,16-20H2,(H,29,31). The number of rotatable bonds is 7. The van der Waals surface area contributed by atoms with Crippen LogP contribution in [0.4, 0.5) is 5.69 Å². The molecule has 0 spiro atoms. The molecular weight excluding hydrogens is 404 g/mol. The first-order valence-electron chi connectivity index (χ1n) is 11.1. The van der Waals surface area contributed by atoms with Gasteiger partial charge >= 0.3 is 0 Å². The number of hydrogen-bond donors (Lipinski definition) is 1. The Bertz CT molecular complexity index is 975. The number of benzene rings is 3. The Balaban J connectivity index is 1.32. The Hall–Kier alpha value is -2.62. The van der Waals surface area contributed by atoms with Crippen LogP contribution in [0.2, 0.25) is 0 Å². The number of carbonyl (C=O) groups is 1. The lowest BCUT2D eigenvalue weighted by atomic mass is 10.0. The van der Waals surface area contributed by atoms with Crippen molar-refractivity contribution in [1.82, 2.24) is 4.90 Å². The van der Waals surface area contributed by atoms with Crippen molar-refractivity contribution in [2.24, 2.45) is 0 Å². The number of nitrogens with one attached hydrogen (secondary N) is 1. The summed E-state index contributed by atoms with van der Waals surface area (Å²) in [6.45, 7) is 3.57. The zero-order valence-corrected chi connectivity index (χ0v) is 18.6. The van der Waals surface area contributed by atoms with Crippen molar-refractivity contribution in [3.8, 4) is 11.1 Å². The molecule has 3 aromatic rings. The highest BCUT2D eigenvalue weighted by Crippen LogP contribution is 2.21. The van der Waals surface area contributed by atoms with Gasteiger partial charge in [0.25, 0.3) is 5.91 Å². The second-order valence-electron chi connectivity index (χ2n) is 8.21. The van der Waals surface area contributed by atoms with Gasteiger partial charge in [-0.25, -0.2) is 0 Å². The Morgan fingerprint density at radius 3 is 1.97 bits per heavy atom. The molecule has 1 saturated heterocycles. The molecule has 0 aromatic heterocycles. The number of hydrogen-bond acceptors (Lipinski definition) is 2. The molecule has 1 aliphatic heterocycles. The number of nitrogens with zero attached hydrogens (tertiary/aromatic N) is 1. The summed E-state index contributed by atoms with van der Waals surface area (Å²) in [6.07, 6.45) is 5.08. The Kier molecular flexibility index (Phi) is 7.39. The fourth-order valence-electron chi connectivity index (χ4n) is 4.03. The second-order valence-corrected chi connectivity index (χ2v) is 8.48. The zero-order valence-electron chi connectivity index (χ0n) is 17.8. The minimum Gasteiger partial charge on any atom is -0.322 e. The van der Waals surface area contributed by atoms with Gasteiger partial charge in [-0.3, -0.25) is 4.79 Å². The van der Waals surface area contributed by atoms with E-state index in [0.29, 0.717) is 11.4 Å². The van der Waals surface area contributed by atoms with Crippen molar-refractivity contribution in [3.05, 3.63) is 89.5 Å². The van der Waals surface area contributed by atoms with Gasteiger partial charge in [0.15, 0.2) is 0 Å². The highest BCUT2D eigenvalue weighted by Gasteiger charge is 2.10. The molecule has 0 saturated carbocycles. The Morgan fingerprint density at radius 1 is 0.774 bits per heavy atom. The van der Waals surface area contributed by atoms with E-state index in [4.69, 9.17) is 11.6 Å². The van der Waals surface area contributed by atoms with Gasteiger partial charge in [-0.15, -0.1) is 11.6 Å². The summed E-state index contributed by atoms with van der Waals surface area (Å²) in [4.78, 5) is 15.2. The molecule has 0 radical (unpaired) electrons. The average molecular weight is 433 g/mol. The number of amides is 1.